The highest BCUT2D eigenvalue weighted by Crippen LogP contribution is 2.34. The SMILES string of the molecule is COc1ccc(CNc2ncnc3c(C(=O)Nc4c(C)ccc5c(Nc6ccc(F)cc6F)nccc45)cc(F)cc23)c(OC)c1. The van der Waals surface area contributed by atoms with Crippen molar-refractivity contribution in [1.29, 1.82) is 0 Å². The van der Waals surface area contributed by atoms with E-state index in [1.54, 1.807) is 44.6 Å². The van der Waals surface area contributed by atoms with Crippen molar-refractivity contribution in [2.45, 2.75) is 13.5 Å². The van der Waals surface area contributed by atoms with Crippen LogP contribution in [0, 0.1) is 24.4 Å². The van der Waals surface area contributed by atoms with Crippen molar-refractivity contribution in [2.75, 3.05) is 30.2 Å². The summed E-state index contributed by atoms with van der Waals surface area (Å²) >= 11 is 0. The number of fused-ring (bicyclic) bond motifs is 2. The van der Waals surface area contributed by atoms with Crippen LogP contribution in [0.4, 0.5) is 36.2 Å². The molecule has 6 aromatic rings. The Hall–Kier alpha value is -5.91. The van der Waals surface area contributed by atoms with E-state index in [0.29, 0.717) is 51.5 Å². The van der Waals surface area contributed by atoms with E-state index < -0.39 is 23.4 Å². The van der Waals surface area contributed by atoms with E-state index >= 15 is 4.39 Å². The maximum Gasteiger partial charge on any atom is 0.258 e. The van der Waals surface area contributed by atoms with Crippen LogP contribution in [0.1, 0.15) is 21.5 Å². The van der Waals surface area contributed by atoms with Gasteiger partial charge in [0.05, 0.1) is 36.7 Å². The number of carbonyl (C=O) groups is 1. The zero-order valence-corrected chi connectivity index (χ0v) is 24.9. The topological polar surface area (TPSA) is 110 Å². The van der Waals surface area contributed by atoms with E-state index in [0.717, 1.165) is 29.3 Å². The third-order valence-electron chi connectivity index (χ3n) is 7.47. The zero-order chi connectivity index (χ0) is 32.4. The zero-order valence-electron chi connectivity index (χ0n) is 24.9. The molecule has 0 fully saturated rings. The molecule has 0 aliphatic rings. The Morgan fingerprint density at radius 2 is 1.65 bits per heavy atom. The molecule has 0 aliphatic carbocycles. The number of nitrogens with zero attached hydrogens (tertiary/aromatic N) is 3. The van der Waals surface area contributed by atoms with Crippen molar-refractivity contribution < 1.29 is 27.4 Å². The predicted octanol–water partition coefficient (Wildman–Crippen LogP) is 7.53. The van der Waals surface area contributed by atoms with E-state index in [-0.39, 0.29) is 16.8 Å². The molecule has 0 bridgehead atoms. The van der Waals surface area contributed by atoms with Crippen molar-refractivity contribution in [1.82, 2.24) is 15.0 Å². The summed E-state index contributed by atoms with van der Waals surface area (Å²) in [5.41, 5.74) is 2.25. The van der Waals surface area contributed by atoms with E-state index in [1.807, 2.05) is 13.0 Å². The fraction of sp³-hybridized carbons (Fsp3) is 0.118. The Labute approximate surface area is 261 Å². The van der Waals surface area contributed by atoms with Crippen molar-refractivity contribution in [3.05, 3.63) is 113 Å². The van der Waals surface area contributed by atoms with Crippen LogP contribution in [0.15, 0.2) is 79.3 Å². The highest BCUT2D eigenvalue weighted by molar-refractivity contribution is 6.16. The Balaban J connectivity index is 1.32. The van der Waals surface area contributed by atoms with Gasteiger partial charge in [-0.1, -0.05) is 12.1 Å². The summed E-state index contributed by atoms with van der Waals surface area (Å²) in [6.07, 6.45) is 2.80. The van der Waals surface area contributed by atoms with Crippen LogP contribution in [-0.4, -0.2) is 35.1 Å². The van der Waals surface area contributed by atoms with Gasteiger partial charge in [0.15, 0.2) is 0 Å². The van der Waals surface area contributed by atoms with Crippen molar-refractivity contribution in [3.63, 3.8) is 0 Å². The van der Waals surface area contributed by atoms with Crippen LogP contribution in [0.3, 0.4) is 0 Å². The molecule has 0 aliphatic heterocycles. The average molecular weight is 625 g/mol. The molecule has 3 N–H and O–H groups in total. The van der Waals surface area contributed by atoms with Gasteiger partial charge in [-0.3, -0.25) is 4.79 Å². The maximum absolute atomic E-state index is 15.0. The van der Waals surface area contributed by atoms with Gasteiger partial charge >= 0.3 is 0 Å². The largest absolute Gasteiger partial charge is 0.497 e. The molecule has 0 spiro atoms. The molecule has 0 atom stereocenters. The molecule has 2 heterocycles. The normalized spacial score (nSPS) is 11.0. The predicted molar refractivity (Wildman–Crippen MR) is 170 cm³/mol. The van der Waals surface area contributed by atoms with Gasteiger partial charge in [-0.2, -0.15) is 0 Å². The number of nitrogens with one attached hydrogen (secondary N) is 3. The molecule has 12 heteroatoms. The number of hydrogen-bond acceptors (Lipinski definition) is 8. The van der Waals surface area contributed by atoms with E-state index in [9.17, 15) is 13.6 Å². The Kier molecular flexibility index (Phi) is 8.25. The number of ether oxygens (including phenoxy) is 2. The second-order valence-corrected chi connectivity index (χ2v) is 10.3. The second-order valence-electron chi connectivity index (χ2n) is 10.3. The number of methoxy groups -OCH3 is 2. The lowest BCUT2D eigenvalue weighted by Crippen LogP contribution is -2.15. The summed E-state index contributed by atoms with van der Waals surface area (Å²) in [6, 6.07) is 16.2. The number of halogens is 3. The van der Waals surface area contributed by atoms with Crippen LogP contribution < -0.4 is 25.4 Å². The number of aryl methyl sites for hydroxylation is 1. The standard InChI is InChI=1S/C34H27F3N6O3/c1-18-4-8-24-23(10-11-38-33(24)42-28-9-6-20(35)14-27(28)37)30(18)43-34(44)26-13-21(36)12-25-31(26)40-17-41-32(25)39-16-19-5-7-22(45-2)15-29(19)46-3/h4-15,17H,16H2,1-3H3,(H,38,42)(H,43,44)(H,39,40,41). The third-order valence-corrected chi connectivity index (χ3v) is 7.47. The van der Waals surface area contributed by atoms with Crippen LogP contribution >= 0.6 is 0 Å². The lowest BCUT2D eigenvalue weighted by Gasteiger charge is -2.16. The maximum atomic E-state index is 15.0. The summed E-state index contributed by atoms with van der Waals surface area (Å²) in [6.45, 7) is 2.10. The molecule has 2 aromatic heterocycles. The van der Waals surface area contributed by atoms with Gasteiger partial charge in [0, 0.05) is 46.6 Å². The first kappa shape index (κ1) is 30.1. The second kappa shape index (κ2) is 12.6. The Morgan fingerprint density at radius 3 is 2.43 bits per heavy atom. The van der Waals surface area contributed by atoms with Gasteiger partial charge < -0.3 is 25.4 Å². The summed E-state index contributed by atoms with van der Waals surface area (Å²) in [7, 11) is 3.11. The van der Waals surface area contributed by atoms with Gasteiger partial charge in [-0.05, 0) is 55.0 Å². The Bertz CT molecular complexity index is 2130. The lowest BCUT2D eigenvalue weighted by atomic mass is 10.0. The van der Waals surface area contributed by atoms with E-state index in [4.69, 9.17) is 9.47 Å². The van der Waals surface area contributed by atoms with Crippen LogP contribution in [0.25, 0.3) is 21.7 Å². The van der Waals surface area contributed by atoms with Gasteiger partial charge in [-0.25, -0.2) is 28.1 Å². The molecule has 232 valence electrons. The molecule has 0 saturated carbocycles. The van der Waals surface area contributed by atoms with Crippen LogP contribution in [0.5, 0.6) is 11.5 Å². The van der Waals surface area contributed by atoms with Crippen LogP contribution in [0.2, 0.25) is 0 Å². The molecule has 1 amide bonds. The van der Waals surface area contributed by atoms with E-state index in [2.05, 4.69) is 30.9 Å². The van der Waals surface area contributed by atoms with Crippen LogP contribution in [-0.2, 0) is 6.54 Å². The molecular weight excluding hydrogens is 597 g/mol. The molecule has 6 rings (SSSR count). The number of benzene rings is 4. The van der Waals surface area contributed by atoms with Gasteiger partial charge in [0.25, 0.3) is 5.91 Å². The first-order chi connectivity index (χ1) is 22.2. The minimum absolute atomic E-state index is 0.000307. The molecule has 0 radical (unpaired) electrons. The van der Waals surface area contributed by atoms with Gasteiger partial charge in [-0.15, -0.1) is 0 Å². The minimum atomic E-state index is -0.781. The average Bonchev–Trinajstić information content (AvgIpc) is 3.05. The molecule has 0 saturated heterocycles. The smallest absolute Gasteiger partial charge is 0.258 e. The highest BCUT2D eigenvalue weighted by Gasteiger charge is 2.19. The quantitative estimate of drug-likeness (QED) is 0.152. The molecule has 0 unspecified atom stereocenters. The van der Waals surface area contributed by atoms with Gasteiger partial charge in [0.2, 0.25) is 0 Å². The molecule has 46 heavy (non-hydrogen) atoms. The molecular formula is C34H27F3N6O3. The fourth-order valence-corrected chi connectivity index (χ4v) is 5.15. The van der Waals surface area contributed by atoms with E-state index in [1.165, 1.54) is 24.7 Å². The monoisotopic (exact) mass is 624 g/mol. The number of rotatable bonds is 9. The number of carbonyl (C=O) groups excluding carboxylic acids is 1. The highest BCUT2D eigenvalue weighted by atomic mass is 19.1. The summed E-state index contributed by atoms with van der Waals surface area (Å²) in [4.78, 5) is 26.7. The molecule has 4 aromatic carbocycles. The summed E-state index contributed by atoms with van der Waals surface area (Å²) in [5.74, 6) is -0.876. The first-order valence-corrected chi connectivity index (χ1v) is 14.1. The molecule has 9 nitrogen and oxygen atoms in total. The number of amides is 1. The summed E-state index contributed by atoms with van der Waals surface area (Å²) < 4.78 is 53.6. The fourth-order valence-electron chi connectivity index (χ4n) is 5.15. The number of aromatic nitrogens is 3. The lowest BCUT2D eigenvalue weighted by molar-refractivity contribution is 0.102. The van der Waals surface area contributed by atoms with Crippen molar-refractivity contribution in [3.8, 4) is 11.5 Å². The number of anilines is 4. The van der Waals surface area contributed by atoms with Crippen molar-refractivity contribution in [2.24, 2.45) is 0 Å². The van der Waals surface area contributed by atoms with Gasteiger partial charge in [0.1, 0.15) is 46.9 Å². The summed E-state index contributed by atoms with van der Waals surface area (Å²) in [5, 5.41) is 10.5. The third kappa shape index (κ3) is 5.92. The van der Waals surface area contributed by atoms with Crippen molar-refractivity contribution >= 4 is 50.6 Å². The number of pyridine rings is 1. The Morgan fingerprint density at radius 1 is 0.804 bits per heavy atom. The first-order valence-electron chi connectivity index (χ1n) is 14.1. The number of hydrogen-bond donors (Lipinski definition) is 3. The minimum Gasteiger partial charge on any atom is -0.497 e.